The summed E-state index contributed by atoms with van der Waals surface area (Å²) in [7, 11) is 0. The van der Waals surface area contributed by atoms with Crippen LogP contribution in [-0.4, -0.2) is 17.0 Å². The number of carbonyl (C=O) groups excluding carboxylic acids is 1. The van der Waals surface area contributed by atoms with E-state index in [1.165, 1.54) is 0 Å². The fraction of sp³-hybridized carbons (Fsp3) is 0.250. The molecule has 0 fully saturated rings. The summed E-state index contributed by atoms with van der Waals surface area (Å²) in [5.74, 6) is -1.21. The van der Waals surface area contributed by atoms with E-state index in [2.05, 4.69) is 5.32 Å². The second-order valence-electron chi connectivity index (χ2n) is 4.80. The van der Waals surface area contributed by atoms with Crippen LogP contribution < -0.4 is 5.32 Å². The Bertz CT molecular complexity index is 676. The lowest BCUT2D eigenvalue weighted by molar-refractivity contribution is 0.0701. The van der Waals surface area contributed by atoms with E-state index in [0.717, 1.165) is 22.5 Å². The van der Waals surface area contributed by atoms with Crippen LogP contribution in [0.4, 0.5) is 0 Å². The van der Waals surface area contributed by atoms with Crippen LogP contribution in [0.15, 0.2) is 30.3 Å². The van der Waals surface area contributed by atoms with Gasteiger partial charge in [0.05, 0.1) is 4.88 Å². The Hall–Kier alpha value is -2.14. The molecule has 0 spiro atoms. The topological polar surface area (TPSA) is 66.4 Å². The molecule has 2 rings (SSSR count). The van der Waals surface area contributed by atoms with Crippen molar-refractivity contribution in [3.63, 3.8) is 0 Å². The summed E-state index contributed by atoms with van der Waals surface area (Å²) < 4.78 is 0. The van der Waals surface area contributed by atoms with Gasteiger partial charge in [0.15, 0.2) is 0 Å². The van der Waals surface area contributed by atoms with Crippen LogP contribution in [0, 0.1) is 6.92 Å². The number of carboxylic acids is 1. The lowest BCUT2D eigenvalue weighted by Gasteiger charge is -2.04. The first-order valence-electron chi connectivity index (χ1n) is 6.71. The Balaban J connectivity index is 2.08. The number of amides is 1. The number of thiophene rings is 1. The molecule has 0 aliphatic rings. The minimum atomic E-state index is -0.977. The first kappa shape index (κ1) is 15.3. The minimum absolute atomic E-state index is 0.233. The van der Waals surface area contributed by atoms with Gasteiger partial charge >= 0.3 is 5.97 Å². The standard InChI is InChI=1S/C16H17NO3S/c1-3-12-8-13(21-14(12)16(19)20)15(18)17-9-11-6-4-5-10(2)7-11/h4-8H,3,9H2,1-2H3,(H,17,18)(H,19,20). The summed E-state index contributed by atoms with van der Waals surface area (Å²) in [5, 5.41) is 11.9. The lowest BCUT2D eigenvalue weighted by atomic mass is 10.1. The summed E-state index contributed by atoms with van der Waals surface area (Å²) in [6.45, 7) is 4.31. The first-order chi connectivity index (χ1) is 10.0. The van der Waals surface area contributed by atoms with E-state index in [1.807, 2.05) is 38.1 Å². The maximum atomic E-state index is 12.1. The number of hydrogen-bond donors (Lipinski definition) is 2. The molecule has 1 aromatic carbocycles. The van der Waals surface area contributed by atoms with Gasteiger partial charge in [-0.1, -0.05) is 36.8 Å². The van der Waals surface area contributed by atoms with Crippen molar-refractivity contribution in [2.75, 3.05) is 0 Å². The third kappa shape index (κ3) is 3.70. The molecule has 0 aliphatic heterocycles. The van der Waals surface area contributed by atoms with Gasteiger partial charge in [-0.15, -0.1) is 11.3 Å². The molecule has 5 heteroatoms. The van der Waals surface area contributed by atoms with Gasteiger partial charge in [-0.05, 0) is 30.5 Å². The average Bonchev–Trinajstić information content (AvgIpc) is 2.89. The highest BCUT2D eigenvalue weighted by atomic mass is 32.1. The summed E-state index contributed by atoms with van der Waals surface area (Å²) in [6.07, 6.45) is 0.600. The minimum Gasteiger partial charge on any atom is -0.477 e. The third-order valence-electron chi connectivity index (χ3n) is 3.14. The van der Waals surface area contributed by atoms with Gasteiger partial charge in [-0.3, -0.25) is 4.79 Å². The number of carbonyl (C=O) groups is 2. The van der Waals surface area contributed by atoms with Gasteiger partial charge in [-0.25, -0.2) is 4.79 Å². The maximum Gasteiger partial charge on any atom is 0.346 e. The summed E-state index contributed by atoms with van der Waals surface area (Å²) in [6, 6.07) is 9.56. The van der Waals surface area contributed by atoms with Gasteiger partial charge in [-0.2, -0.15) is 0 Å². The SMILES string of the molecule is CCc1cc(C(=O)NCc2cccc(C)c2)sc1C(=O)O. The molecule has 0 aliphatic carbocycles. The Kier molecular flexibility index (Phi) is 4.75. The number of benzene rings is 1. The van der Waals surface area contributed by atoms with Gasteiger partial charge in [0, 0.05) is 6.54 Å². The monoisotopic (exact) mass is 303 g/mol. The molecule has 1 amide bonds. The largest absolute Gasteiger partial charge is 0.477 e. The zero-order chi connectivity index (χ0) is 15.4. The van der Waals surface area contributed by atoms with Crippen LogP contribution in [0.5, 0.6) is 0 Å². The van der Waals surface area contributed by atoms with Crippen LogP contribution in [0.2, 0.25) is 0 Å². The van der Waals surface area contributed by atoms with Crippen LogP contribution in [-0.2, 0) is 13.0 Å². The number of rotatable bonds is 5. The molecule has 2 aromatic rings. The van der Waals surface area contributed by atoms with Gasteiger partial charge in [0.2, 0.25) is 0 Å². The lowest BCUT2D eigenvalue weighted by Crippen LogP contribution is -2.21. The fourth-order valence-corrected chi connectivity index (χ4v) is 3.08. The van der Waals surface area contributed by atoms with Crippen molar-refractivity contribution in [3.05, 3.63) is 56.8 Å². The number of aromatic carboxylic acids is 1. The van der Waals surface area contributed by atoms with Crippen molar-refractivity contribution >= 4 is 23.2 Å². The number of carboxylic acid groups (broad SMARTS) is 1. The van der Waals surface area contributed by atoms with Gasteiger partial charge in [0.1, 0.15) is 4.88 Å². The Morgan fingerprint density at radius 3 is 2.62 bits per heavy atom. The van der Waals surface area contributed by atoms with E-state index in [-0.39, 0.29) is 10.8 Å². The molecule has 21 heavy (non-hydrogen) atoms. The Labute approximate surface area is 127 Å². The molecule has 0 bridgehead atoms. The molecule has 0 saturated heterocycles. The summed E-state index contributed by atoms with van der Waals surface area (Å²) in [4.78, 5) is 23.9. The highest BCUT2D eigenvalue weighted by Crippen LogP contribution is 2.23. The average molecular weight is 303 g/mol. The second-order valence-corrected chi connectivity index (χ2v) is 5.85. The second kappa shape index (κ2) is 6.54. The molecule has 2 N–H and O–H groups in total. The number of nitrogens with one attached hydrogen (secondary N) is 1. The fourth-order valence-electron chi connectivity index (χ4n) is 2.08. The van der Waals surface area contributed by atoms with Crippen molar-refractivity contribution in [1.82, 2.24) is 5.32 Å². The van der Waals surface area contributed by atoms with Crippen LogP contribution in [0.3, 0.4) is 0 Å². The van der Waals surface area contributed by atoms with Crippen LogP contribution >= 0.6 is 11.3 Å². The molecule has 0 unspecified atom stereocenters. The zero-order valence-corrected chi connectivity index (χ0v) is 12.8. The van der Waals surface area contributed by atoms with Gasteiger partial charge < -0.3 is 10.4 Å². The van der Waals surface area contributed by atoms with Crippen LogP contribution in [0.25, 0.3) is 0 Å². The van der Waals surface area contributed by atoms with Crippen molar-refractivity contribution in [2.45, 2.75) is 26.8 Å². The van der Waals surface area contributed by atoms with Gasteiger partial charge in [0.25, 0.3) is 5.91 Å². The number of hydrogen-bond acceptors (Lipinski definition) is 3. The smallest absolute Gasteiger partial charge is 0.346 e. The molecule has 4 nitrogen and oxygen atoms in total. The normalized spacial score (nSPS) is 10.4. The molecule has 0 saturated carbocycles. The summed E-state index contributed by atoms with van der Waals surface area (Å²) >= 11 is 1.03. The van der Waals surface area contributed by atoms with E-state index in [9.17, 15) is 9.59 Å². The van der Waals surface area contributed by atoms with E-state index in [0.29, 0.717) is 23.4 Å². The molecule has 1 heterocycles. The Morgan fingerprint density at radius 2 is 2.05 bits per heavy atom. The van der Waals surface area contributed by atoms with Crippen molar-refractivity contribution in [1.29, 1.82) is 0 Å². The molecule has 0 radical (unpaired) electrons. The number of aryl methyl sites for hydroxylation is 2. The quantitative estimate of drug-likeness (QED) is 0.891. The highest BCUT2D eigenvalue weighted by Gasteiger charge is 2.17. The predicted octanol–water partition coefficient (Wildman–Crippen LogP) is 3.25. The van der Waals surface area contributed by atoms with E-state index in [1.54, 1.807) is 6.07 Å². The van der Waals surface area contributed by atoms with Crippen LogP contribution in [0.1, 0.15) is 43.0 Å². The molecule has 1 aromatic heterocycles. The predicted molar refractivity (Wildman–Crippen MR) is 83.0 cm³/mol. The molecule has 110 valence electrons. The maximum absolute atomic E-state index is 12.1. The highest BCUT2D eigenvalue weighted by molar-refractivity contribution is 7.16. The Morgan fingerprint density at radius 1 is 1.29 bits per heavy atom. The van der Waals surface area contributed by atoms with E-state index in [4.69, 9.17) is 5.11 Å². The van der Waals surface area contributed by atoms with Crippen molar-refractivity contribution in [2.24, 2.45) is 0 Å². The summed E-state index contributed by atoms with van der Waals surface area (Å²) in [5.41, 5.74) is 2.86. The molecular weight excluding hydrogens is 286 g/mol. The van der Waals surface area contributed by atoms with E-state index < -0.39 is 5.97 Å². The third-order valence-corrected chi connectivity index (χ3v) is 4.31. The van der Waals surface area contributed by atoms with E-state index >= 15 is 0 Å². The molecule has 0 atom stereocenters. The molecular formula is C16H17NO3S. The first-order valence-corrected chi connectivity index (χ1v) is 7.52. The zero-order valence-electron chi connectivity index (χ0n) is 12.0. The van der Waals surface area contributed by atoms with Crippen molar-refractivity contribution < 1.29 is 14.7 Å². The van der Waals surface area contributed by atoms with Crippen molar-refractivity contribution in [3.8, 4) is 0 Å².